The van der Waals surface area contributed by atoms with Crippen molar-refractivity contribution < 1.29 is 0 Å². The molecule has 1 atom stereocenters. The van der Waals surface area contributed by atoms with E-state index < -0.39 is 0 Å². The van der Waals surface area contributed by atoms with E-state index in [2.05, 4.69) is 61.0 Å². The van der Waals surface area contributed by atoms with Crippen LogP contribution in [0.15, 0.2) is 30.3 Å². The summed E-state index contributed by atoms with van der Waals surface area (Å²) in [5, 5.41) is 3.61. The van der Waals surface area contributed by atoms with E-state index in [1.165, 1.54) is 19.4 Å². The van der Waals surface area contributed by atoms with E-state index in [1.807, 2.05) is 19.9 Å². The Morgan fingerprint density at radius 3 is 2.85 bits per heavy atom. The van der Waals surface area contributed by atoms with Crippen molar-refractivity contribution in [1.29, 1.82) is 0 Å². The normalized spacial score (nSPS) is 18.3. The van der Waals surface area contributed by atoms with Crippen molar-refractivity contribution in [3.63, 3.8) is 0 Å². The molecular weight excluding hydrogens is 324 g/mol. The monoisotopic (exact) mass is 350 g/mol. The third-order valence-electron chi connectivity index (χ3n) is 5.03. The predicted octanol–water partition coefficient (Wildman–Crippen LogP) is 3.00. The lowest BCUT2D eigenvalue weighted by Gasteiger charge is -2.30. The number of piperidine rings is 1. The lowest BCUT2D eigenvalue weighted by atomic mass is 10.1. The van der Waals surface area contributed by atoms with Crippen LogP contribution in [0.3, 0.4) is 0 Å². The number of nitrogens with one attached hydrogen (secondary N) is 1. The maximum Gasteiger partial charge on any atom is 0.130 e. The number of nitrogens with zero attached hydrogens (tertiary/aromatic N) is 5. The lowest BCUT2D eigenvalue weighted by molar-refractivity contribution is 0.260. The lowest BCUT2D eigenvalue weighted by Crippen LogP contribution is -2.40. The molecule has 0 unspecified atom stereocenters. The van der Waals surface area contributed by atoms with Crippen molar-refractivity contribution in [2.45, 2.75) is 39.3 Å². The van der Waals surface area contributed by atoms with Crippen LogP contribution >= 0.6 is 0 Å². The number of anilines is 1. The van der Waals surface area contributed by atoms with E-state index in [0.717, 1.165) is 40.7 Å². The molecule has 0 radical (unpaired) electrons. The Morgan fingerprint density at radius 2 is 2.00 bits per heavy atom. The number of likely N-dealkylation sites (tertiary alicyclic amines) is 1. The fourth-order valence-electron chi connectivity index (χ4n) is 3.84. The first kappa shape index (κ1) is 17.0. The van der Waals surface area contributed by atoms with E-state index in [1.54, 1.807) is 0 Å². The van der Waals surface area contributed by atoms with E-state index in [0.29, 0.717) is 12.6 Å². The van der Waals surface area contributed by atoms with Crippen LogP contribution in [0.1, 0.15) is 30.2 Å². The largest absolute Gasteiger partial charge is 0.366 e. The van der Waals surface area contributed by atoms with E-state index in [-0.39, 0.29) is 0 Å². The Morgan fingerprint density at radius 1 is 1.15 bits per heavy atom. The minimum absolute atomic E-state index is 0.451. The van der Waals surface area contributed by atoms with Gasteiger partial charge in [0.1, 0.15) is 17.5 Å². The molecular formula is C20H26N6. The predicted molar refractivity (Wildman–Crippen MR) is 104 cm³/mol. The first-order valence-corrected chi connectivity index (χ1v) is 9.30. The van der Waals surface area contributed by atoms with Crippen LogP contribution in [0, 0.1) is 13.8 Å². The van der Waals surface area contributed by atoms with Gasteiger partial charge in [-0.3, -0.25) is 0 Å². The van der Waals surface area contributed by atoms with Gasteiger partial charge in [0, 0.05) is 18.7 Å². The summed E-state index contributed by atoms with van der Waals surface area (Å²) in [5.41, 5.74) is 3.18. The molecule has 6 nitrogen and oxygen atoms in total. The number of aryl methyl sites for hydroxylation is 2. The number of hydrogen-bond acceptors (Lipinski definition) is 5. The topological polar surface area (TPSA) is 58.9 Å². The highest BCUT2D eigenvalue weighted by Gasteiger charge is 2.18. The Kier molecular flexibility index (Phi) is 4.59. The molecule has 1 aromatic carbocycles. The minimum atomic E-state index is 0.451. The van der Waals surface area contributed by atoms with Crippen LogP contribution in [0.4, 0.5) is 5.82 Å². The second-order valence-corrected chi connectivity index (χ2v) is 7.27. The second-order valence-electron chi connectivity index (χ2n) is 7.27. The summed E-state index contributed by atoms with van der Waals surface area (Å²) in [6, 6.07) is 10.8. The minimum Gasteiger partial charge on any atom is -0.366 e. The molecule has 4 rings (SSSR count). The van der Waals surface area contributed by atoms with Gasteiger partial charge in [-0.1, -0.05) is 12.1 Å². The Hall–Kier alpha value is -2.47. The molecule has 1 aliphatic heterocycles. The fourth-order valence-corrected chi connectivity index (χ4v) is 3.84. The third kappa shape index (κ3) is 3.55. The molecule has 0 bridgehead atoms. The van der Waals surface area contributed by atoms with Gasteiger partial charge < -0.3 is 14.8 Å². The second kappa shape index (κ2) is 7.03. The first-order valence-electron chi connectivity index (χ1n) is 9.30. The molecule has 1 saturated heterocycles. The summed E-state index contributed by atoms with van der Waals surface area (Å²) < 4.78 is 2.22. The van der Waals surface area contributed by atoms with Crippen molar-refractivity contribution in [2.24, 2.45) is 0 Å². The SMILES string of the molecule is Cc1nc(Cn2c(C)nc3ccccc32)cc(N[C@@H]2CCCN(C)C2)n1. The maximum atomic E-state index is 4.65. The highest BCUT2D eigenvalue weighted by atomic mass is 15.2. The standard InChI is InChI=1S/C20H26N6/c1-14-21-17(11-20(22-14)24-16-7-6-10-25(3)12-16)13-26-15(2)23-18-8-4-5-9-19(18)26/h4-5,8-9,11,16H,6-7,10,12-13H2,1-3H3,(H,21,22,24)/t16-/m1/s1. The zero-order valence-electron chi connectivity index (χ0n) is 15.7. The number of hydrogen-bond donors (Lipinski definition) is 1. The Bertz CT molecular complexity index is 916. The number of rotatable bonds is 4. The first-order chi connectivity index (χ1) is 12.6. The molecule has 3 aromatic rings. The molecule has 3 heterocycles. The molecule has 0 saturated carbocycles. The van der Waals surface area contributed by atoms with Crippen molar-refractivity contribution in [3.8, 4) is 0 Å². The number of imidazole rings is 1. The van der Waals surface area contributed by atoms with Crippen LogP contribution in [-0.4, -0.2) is 50.6 Å². The average molecular weight is 350 g/mol. The molecule has 6 heteroatoms. The molecule has 1 N–H and O–H groups in total. The number of benzene rings is 1. The summed E-state index contributed by atoms with van der Waals surface area (Å²) >= 11 is 0. The van der Waals surface area contributed by atoms with Gasteiger partial charge in [0.25, 0.3) is 0 Å². The molecule has 26 heavy (non-hydrogen) atoms. The number of likely N-dealkylation sites (N-methyl/N-ethyl adjacent to an activating group) is 1. The van der Waals surface area contributed by atoms with Crippen molar-refractivity contribution >= 4 is 16.9 Å². The van der Waals surface area contributed by atoms with Crippen LogP contribution in [0.2, 0.25) is 0 Å². The molecule has 136 valence electrons. The summed E-state index contributed by atoms with van der Waals surface area (Å²) in [6.45, 7) is 6.95. The van der Waals surface area contributed by atoms with E-state index in [4.69, 9.17) is 0 Å². The van der Waals surface area contributed by atoms with E-state index >= 15 is 0 Å². The number of aromatic nitrogens is 4. The summed E-state index contributed by atoms with van der Waals surface area (Å²) in [5.74, 6) is 2.73. The molecule has 0 aliphatic carbocycles. The maximum absolute atomic E-state index is 4.65. The number of fused-ring (bicyclic) bond motifs is 1. The summed E-state index contributed by atoms with van der Waals surface area (Å²) in [4.78, 5) is 16.3. The van der Waals surface area contributed by atoms with Crippen LogP contribution in [0.5, 0.6) is 0 Å². The molecule has 1 fully saturated rings. The zero-order chi connectivity index (χ0) is 18.1. The van der Waals surface area contributed by atoms with Gasteiger partial charge in [-0.25, -0.2) is 15.0 Å². The van der Waals surface area contributed by atoms with E-state index in [9.17, 15) is 0 Å². The number of para-hydroxylation sites is 2. The van der Waals surface area contributed by atoms with Crippen molar-refractivity contribution in [1.82, 2.24) is 24.4 Å². The van der Waals surface area contributed by atoms with Gasteiger partial charge >= 0.3 is 0 Å². The highest BCUT2D eigenvalue weighted by Crippen LogP contribution is 2.19. The van der Waals surface area contributed by atoms with Gasteiger partial charge in [-0.2, -0.15) is 0 Å². The molecule has 0 spiro atoms. The van der Waals surface area contributed by atoms with Crippen LogP contribution < -0.4 is 5.32 Å². The van der Waals surface area contributed by atoms with Crippen LogP contribution in [0.25, 0.3) is 11.0 Å². The molecule has 0 amide bonds. The van der Waals surface area contributed by atoms with Crippen molar-refractivity contribution in [3.05, 3.63) is 47.7 Å². The third-order valence-corrected chi connectivity index (χ3v) is 5.03. The molecule has 1 aliphatic rings. The van der Waals surface area contributed by atoms with Gasteiger partial charge in [0.05, 0.1) is 23.3 Å². The fraction of sp³-hybridized carbons (Fsp3) is 0.450. The van der Waals surface area contributed by atoms with Crippen molar-refractivity contribution in [2.75, 3.05) is 25.5 Å². The smallest absolute Gasteiger partial charge is 0.130 e. The zero-order valence-corrected chi connectivity index (χ0v) is 15.7. The highest BCUT2D eigenvalue weighted by molar-refractivity contribution is 5.75. The summed E-state index contributed by atoms with van der Waals surface area (Å²) in [6.07, 6.45) is 2.42. The average Bonchev–Trinajstić information content (AvgIpc) is 2.90. The van der Waals surface area contributed by atoms with Gasteiger partial charge in [-0.05, 0) is 52.4 Å². The summed E-state index contributed by atoms with van der Waals surface area (Å²) in [7, 11) is 2.18. The molecule has 2 aromatic heterocycles. The van der Waals surface area contributed by atoms with Gasteiger partial charge in [0.15, 0.2) is 0 Å². The Balaban J connectivity index is 1.58. The Labute approximate surface area is 154 Å². The van der Waals surface area contributed by atoms with Crippen LogP contribution in [-0.2, 0) is 6.54 Å². The van der Waals surface area contributed by atoms with Gasteiger partial charge in [0.2, 0.25) is 0 Å². The quantitative estimate of drug-likeness (QED) is 0.784. The van der Waals surface area contributed by atoms with Gasteiger partial charge in [-0.15, -0.1) is 0 Å².